The topological polar surface area (TPSA) is 74.8 Å². The molecule has 1 heterocycles. The highest BCUT2D eigenvalue weighted by Gasteiger charge is 2.05. The van der Waals surface area contributed by atoms with Crippen molar-refractivity contribution in [1.29, 1.82) is 0 Å². The molecule has 2 N–H and O–H groups in total. The predicted molar refractivity (Wildman–Crippen MR) is 103 cm³/mol. The van der Waals surface area contributed by atoms with Gasteiger partial charge in [-0.1, -0.05) is 35.9 Å². The minimum Gasteiger partial charge on any atom is -0.356 e. The first kappa shape index (κ1) is 18.1. The van der Waals surface area contributed by atoms with E-state index in [1.54, 1.807) is 6.07 Å². The van der Waals surface area contributed by atoms with Crippen LogP contribution in [0.25, 0.3) is 10.9 Å². The molecule has 1 amide bonds. The monoisotopic (exact) mass is 369 g/mol. The van der Waals surface area contributed by atoms with Gasteiger partial charge in [-0.25, -0.2) is 4.98 Å². The molecule has 0 fully saturated rings. The van der Waals surface area contributed by atoms with E-state index in [4.69, 9.17) is 11.6 Å². The molecule has 0 unspecified atom stereocenters. The zero-order valence-electron chi connectivity index (χ0n) is 14.3. The summed E-state index contributed by atoms with van der Waals surface area (Å²) in [5, 5.41) is 4.20. The van der Waals surface area contributed by atoms with E-state index < -0.39 is 0 Å². The molecular weight excluding hydrogens is 350 g/mol. The Kier molecular flexibility index (Phi) is 6.02. The van der Waals surface area contributed by atoms with E-state index >= 15 is 0 Å². The van der Waals surface area contributed by atoms with E-state index in [0.29, 0.717) is 47.6 Å². The van der Waals surface area contributed by atoms with Crippen molar-refractivity contribution in [1.82, 2.24) is 15.3 Å². The maximum Gasteiger partial charge on any atom is 0.258 e. The zero-order chi connectivity index (χ0) is 18.4. The van der Waals surface area contributed by atoms with Gasteiger partial charge in [-0.05, 0) is 42.7 Å². The first-order valence-electron chi connectivity index (χ1n) is 8.61. The van der Waals surface area contributed by atoms with Gasteiger partial charge in [0.25, 0.3) is 5.56 Å². The summed E-state index contributed by atoms with van der Waals surface area (Å²) in [5.41, 5.74) is 1.67. The van der Waals surface area contributed by atoms with E-state index in [0.717, 1.165) is 12.0 Å². The van der Waals surface area contributed by atoms with Crippen LogP contribution in [0.2, 0.25) is 5.02 Å². The van der Waals surface area contributed by atoms with Crippen LogP contribution < -0.4 is 10.9 Å². The standard InChI is InChI=1S/C20H20ClN3O2/c21-15-10-8-14(9-11-15)12-13-22-19(25)7-3-6-18-23-17-5-2-1-4-16(17)20(26)24-18/h1-2,4-5,8-11H,3,6-7,12-13H2,(H,22,25)(H,23,24,26). The lowest BCUT2D eigenvalue weighted by molar-refractivity contribution is -0.121. The number of hydrogen-bond acceptors (Lipinski definition) is 3. The third kappa shape index (κ3) is 4.92. The van der Waals surface area contributed by atoms with Gasteiger partial charge in [0.2, 0.25) is 5.91 Å². The largest absolute Gasteiger partial charge is 0.356 e. The molecule has 3 aromatic rings. The van der Waals surface area contributed by atoms with Crippen molar-refractivity contribution >= 4 is 28.4 Å². The third-order valence-electron chi connectivity index (χ3n) is 4.13. The molecular formula is C20H20ClN3O2. The molecule has 3 rings (SSSR count). The van der Waals surface area contributed by atoms with Crippen LogP contribution in [-0.4, -0.2) is 22.4 Å². The molecule has 0 saturated carbocycles. The molecule has 26 heavy (non-hydrogen) atoms. The summed E-state index contributed by atoms with van der Waals surface area (Å²) in [7, 11) is 0. The number of halogens is 1. The number of para-hydroxylation sites is 1. The summed E-state index contributed by atoms with van der Waals surface area (Å²) in [4.78, 5) is 31.2. The maximum absolute atomic E-state index is 12.0. The van der Waals surface area contributed by atoms with Crippen molar-refractivity contribution in [3.63, 3.8) is 0 Å². The first-order valence-corrected chi connectivity index (χ1v) is 8.99. The van der Waals surface area contributed by atoms with Gasteiger partial charge in [0.1, 0.15) is 5.82 Å². The summed E-state index contributed by atoms with van der Waals surface area (Å²) in [6.45, 7) is 0.589. The number of nitrogens with zero attached hydrogens (tertiary/aromatic N) is 1. The molecule has 0 aliphatic rings. The Hall–Kier alpha value is -2.66. The van der Waals surface area contributed by atoms with Crippen molar-refractivity contribution in [3.05, 3.63) is 75.3 Å². The van der Waals surface area contributed by atoms with Gasteiger partial charge in [-0.3, -0.25) is 9.59 Å². The molecule has 0 atom stereocenters. The van der Waals surface area contributed by atoms with Crippen LogP contribution in [-0.2, 0) is 17.6 Å². The predicted octanol–water partition coefficient (Wildman–Crippen LogP) is 3.26. The smallest absolute Gasteiger partial charge is 0.258 e. The third-order valence-corrected chi connectivity index (χ3v) is 4.38. The van der Waals surface area contributed by atoms with Gasteiger partial charge in [-0.2, -0.15) is 0 Å². The number of amides is 1. The van der Waals surface area contributed by atoms with Gasteiger partial charge in [0, 0.05) is 24.4 Å². The van der Waals surface area contributed by atoms with Crippen molar-refractivity contribution in [2.75, 3.05) is 6.54 Å². The highest BCUT2D eigenvalue weighted by Crippen LogP contribution is 2.10. The second kappa shape index (κ2) is 8.63. The van der Waals surface area contributed by atoms with Gasteiger partial charge in [-0.15, -0.1) is 0 Å². The molecule has 134 valence electrons. The van der Waals surface area contributed by atoms with Crippen molar-refractivity contribution in [2.45, 2.75) is 25.7 Å². The summed E-state index contributed by atoms with van der Waals surface area (Å²) >= 11 is 5.85. The molecule has 0 radical (unpaired) electrons. The van der Waals surface area contributed by atoms with Crippen LogP contribution in [0.15, 0.2) is 53.3 Å². The van der Waals surface area contributed by atoms with Crippen LogP contribution in [0.1, 0.15) is 24.2 Å². The van der Waals surface area contributed by atoms with Gasteiger partial charge in [0.15, 0.2) is 0 Å². The molecule has 6 heteroatoms. The van der Waals surface area contributed by atoms with Crippen molar-refractivity contribution in [3.8, 4) is 0 Å². The second-order valence-corrected chi connectivity index (χ2v) is 6.55. The number of aromatic amines is 1. The Balaban J connectivity index is 1.43. The molecule has 0 aliphatic heterocycles. The molecule has 0 spiro atoms. The van der Waals surface area contributed by atoms with Gasteiger partial charge >= 0.3 is 0 Å². The average Bonchev–Trinajstić information content (AvgIpc) is 2.63. The quantitative estimate of drug-likeness (QED) is 0.671. The number of aryl methyl sites for hydroxylation is 1. The van der Waals surface area contributed by atoms with Crippen LogP contribution in [0, 0.1) is 0 Å². The Bertz CT molecular complexity index is 951. The number of nitrogens with one attached hydrogen (secondary N) is 2. The lowest BCUT2D eigenvalue weighted by atomic mass is 10.1. The summed E-state index contributed by atoms with van der Waals surface area (Å²) in [6, 6.07) is 14.8. The lowest BCUT2D eigenvalue weighted by Crippen LogP contribution is -2.25. The van der Waals surface area contributed by atoms with Crippen LogP contribution >= 0.6 is 11.6 Å². The summed E-state index contributed by atoms with van der Waals surface area (Å²) in [5.74, 6) is 0.616. The second-order valence-electron chi connectivity index (χ2n) is 6.11. The Morgan fingerprint density at radius 1 is 1.08 bits per heavy atom. The van der Waals surface area contributed by atoms with Crippen LogP contribution in [0.5, 0.6) is 0 Å². The van der Waals surface area contributed by atoms with Gasteiger partial charge < -0.3 is 10.3 Å². The van der Waals surface area contributed by atoms with E-state index in [-0.39, 0.29) is 11.5 Å². The average molecular weight is 370 g/mol. The lowest BCUT2D eigenvalue weighted by Gasteiger charge is -2.06. The highest BCUT2D eigenvalue weighted by atomic mass is 35.5. The molecule has 0 saturated heterocycles. The van der Waals surface area contributed by atoms with Crippen molar-refractivity contribution in [2.24, 2.45) is 0 Å². The Morgan fingerprint density at radius 3 is 2.65 bits per heavy atom. The number of H-pyrrole nitrogens is 1. The number of carbonyl (C=O) groups excluding carboxylic acids is 1. The van der Waals surface area contributed by atoms with Crippen LogP contribution in [0.3, 0.4) is 0 Å². The fraction of sp³-hybridized carbons (Fsp3) is 0.250. The zero-order valence-corrected chi connectivity index (χ0v) is 15.1. The number of rotatable bonds is 7. The first-order chi connectivity index (χ1) is 12.6. The Labute approximate surface area is 156 Å². The number of fused-ring (bicyclic) bond motifs is 1. The maximum atomic E-state index is 12.0. The minimum atomic E-state index is -0.141. The Morgan fingerprint density at radius 2 is 1.85 bits per heavy atom. The van der Waals surface area contributed by atoms with E-state index in [1.807, 2.05) is 42.5 Å². The summed E-state index contributed by atoms with van der Waals surface area (Å²) in [6.07, 6.45) is 2.36. The highest BCUT2D eigenvalue weighted by molar-refractivity contribution is 6.30. The number of aromatic nitrogens is 2. The molecule has 5 nitrogen and oxygen atoms in total. The summed E-state index contributed by atoms with van der Waals surface area (Å²) < 4.78 is 0. The minimum absolute atomic E-state index is 0.00194. The SMILES string of the molecule is O=C(CCCc1nc2ccccc2c(=O)[nH]1)NCCc1ccc(Cl)cc1. The van der Waals surface area contributed by atoms with Gasteiger partial charge in [0.05, 0.1) is 10.9 Å². The van der Waals surface area contributed by atoms with E-state index in [9.17, 15) is 9.59 Å². The molecule has 0 bridgehead atoms. The normalized spacial score (nSPS) is 10.8. The number of carbonyl (C=O) groups is 1. The van der Waals surface area contributed by atoms with Crippen LogP contribution in [0.4, 0.5) is 0 Å². The van der Waals surface area contributed by atoms with E-state index in [2.05, 4.69) is 15.3 Å². The fourth-order valence-corrected chi connectivity index (χ4v) is 2.88. The number of hydrogen-bond donors (Lipinski definition) is 2. The van der Waals surface area contributed by atoms with E-state index in [1.165, 1.54) is 0 Å². The number of benzene rings is 2. The molecule has 1 aromatic heterocycles. The molecule has 2 aromatic carbocycles. The van der Waals surface area contributed by atoms with Crippen molar-refractivity contribution < 1.29 is 4.79 Å². The fourth-order valence-electron chi connectivity index (χ4n) is 2.76. The molecule has 0 aliphatic carbocycles.